The molecule has 7 heteroatoms. The van der Waals surface area contributed by atoms with Crippen LogP contribution in [0.1, 0.15) is 16.2 Å². The molecule has 3 rings (SSSR count). The summed E-state index contributed by atoms with van der Waals surface area (Å²) in [5.41, 5.74) is 1.09. The number of hydrogen-bond acceptors (Lipinski definition) is 5. The minimum Gasteiger partial charge on any atom is -0.452 e. The van der Waals surface area contributed by atoms with E-state index in [1.54, 1.807) is 24.3 Å². The fraction of sp³-hybridized carbons (Fsp3) is 0.0625. The van der Waals surface area contributed by atoms with Crippen LogP contribution in [-0.2, 0) is 11.3 Å². The van der Waals surface area contributed by atoms with Gasteiger partial charge in [-0.2, -0.15) is 4.98 Å². The molecule has 0 N–H and O–H groups in total. The molecule has 0 saturated carbocycles. The number of nitrogens with zero attached hydrogens (tertiary/aromatic N) is 2. The molecule has 0 fully saturated rings. The Labute approximate surface area is 145 Å². The van der Waals surface area contributed by atoms with Crippen LogP contribution in [0.4, 0.5) is 0 Å². The average molecular weight is 394 g/mol. The lowest BCUT2D eigenvalue weighted by Gasteiger charge is -2.03. The zero-order valence-corrected chi connectivity index (χ0v) is 14.0. The van der Waals surface area contributed by atoms with Gasteiger partial charge in [0.15, 0.2) is 6.61 Å². The fourth-order valence-electron chi connectivity index (χ4n) is 1.89. The van der Waals surface area contributed by atoms with Gasteiger partial charge in [-0.3, -0.25) is 0 Å². The van der Waals surface area contributed by atoms with E-state index in [1.807, 2.05) is 24.3 Å². The Kier molecular flexibility index (Phi) is 4.73. The van der Waals surface area contributed by atoms with Crippen molar-refractivity contribution in [2.45, 2.75) is 6.61 Å². The molecule has 1 aromatic heterocycles. The van der Waals surface area contributed by atoms with Crippen molar-refractivity contribution in [3.63, 3.8) is 0 Å². The molecule has 2 aromatic carbocycles. The van der Waals surface area contributed by atoms with Gasteiger partial charge in [-0.1, -0.05) is 57.0 Å². The summed E-state index contributed by atoms with van der Waals surface area (Å²) in [4.78, 5) is 16.2. The first-order valence-corrected chi connectivity index (χ1v) is 7.81. The lowest BCUT2D eigenvalue weighted by atomic mass is 10.2. The fourth-order valence-corrected chi connectivity index (χ4v) is 2.50. The van der Waals surface area contributed by atoms with Crippen LogP contribution < -0.4 is 0 Å². The van der Waals surface area contributed by atoms with Crippen LogP contribution in [0, 0.1) is 0 Å². The van der Waals surface area contributed by atoms with Crippen molar-refractivity contribution in [3.05, 3.63) is 69.5 Å². The second-order valence-electron chi connectivity index (χ2n) is 4.58. The van der Waals surface area contributed by atoms with E-state index in [4.69, 9.17) is 20.9 Å². The molecule has 0 unspecified atom stereocenters. The smallest absolute Gasteiger partial charge is 0.340 e. The number of benzene rings is 2. The normalized spacial score (nSPS) is 10.5. The molecule has 0 radical (unpaired) electrons. The Morgan fingerprint density at radius 2 is 2.04 bits per heavy atom. The third-order valence-electron chi connectivity index (χ3n) is 2.97. The van der Waals surface area contributed by atoms with E-state index in [0.29, 0.717) is 16.4 Å². The zero-order valence-electron chi connectivity index (χ0n) is 11.7. The van der Waals surface area contributed by atoms with E-state index in [2.05, 4.69) is 26.1 Å². The summed E-state index contributed by atoms with van der Waals surface area (Å²) >= 11 is 9.32. The molecule has 0 amide bonds. The highest BCUT2D eigenvalue weighted by Gasteiger charge is 2.14. The van der Waals surface area contributed by atoms with Gasteiger partial charge in [0, 0.05) is 10.0 Å². The van der Waals surface area contributed by atoms with Crippen LogP contribution in [0.5, 0.6) is 0 Å². The first-order valence-electron chi connectivity index (χ1n) is 6.63. The van der Waals surface area contributed by atoms with E-state index in [0.717, 1.165) is 10.0 Å². The van der Waals surface area contributed by atoms with Crippen molar-refractivity contribution in [2.75, 3.05) is 0 Å². The van der Waals surface area contributed by atoms with Gasteiger partial charge in [-0.05, 0) is 24.3 Å². The van der Waals surface area contributed by atoms with Gasteiger partial charge in [0.25, 0.3) is 5.89 Å². The summed E-state index contributed by atoms with van der Waals surface area (Å²) in [5.74, 6) is 0.0910. The van der Waals surface area contributed by atoms with Crippen LogP contribution >= 0.6 is 27.5 Å². The van der Waals surface area contributed by atoms with Crippen molar-refractivity contribution in [1.29, 1.82) is 0 Å². The van der Waals surface area contributed by atoms with E-state index in [9.17, 15) is 4.79 Å². The Bertz CT molecular complexity index is 851. The van der Waals surface area contributed by atoms with Gasteiger partial charge < -0.3 is 9.26 Å². The number of esters is 1. The summed E-state index contributed by atoms with van der Waals surface area (Å²) in [6.07, 6.45) is 0. The number of rotatable bonds is 4. The summed E-state index contributed by atoms with van der Waals surface area (Å²) in [6.45, 7) is -0.120. The first kappa shape index (κ1) is 15.7. The van der Waals surface area contributed by atoms with Crippen LogP contribution in [0.3, 0.4) is 0 Å². The van der Waals surface area contributed by atoms with Crippen molar-refractivity contribution < 1.29 is 14.1 Å². The molecule has 3 aromatic rings. The summed E-state index contributed by atoms with van der Waals surface area (Å²) in [7, 11) is 0. The van der Waals surface area contributed by atoms with Gasteiger partial charge in [0.2, 0.25) is 5.82 Å². The standard InChI is InChI=1S/C16H10BrClN2O3/c17-11-5-3-4-10(8-11)15-19-14(23-20-15)9-22-16(21)12-6-1-2-7-13(12)18/h1-8H,9H2. The Hall–Kier alpha value is -2.18. The number of halogens is 2. The van der Waals surface area contributed by atoms with E-state index in [-0.39, 0.29) is 12.5 Å². The molecule has 1 heterocycles. The second-order valence-corrected chi connectivity index (χ2v) is 5.90. The molecule has 0 saturated heterocycles. The maximum atomic E-state index is 12.0. The Balaban J connectivity index is 1.68. The lowest BCUT2D eigenvalue weighted by molar-refractivity contribution is 0.0430. The molecular formula is C16H10BrClN2O3. The quantitative estimate of drug-likeness (QED) is 0.610. The largest absolute Gasteiger partial charge is 0.452 e. The third-order valence-corrected chi connectivity index (χ3v) is 3.79. The van der Waals surface area contributed by atoms with Gasteiger partial charge in [0.05, 0.1) is 10.6 Å². The number of carbonyl (C=O) groups excluding carboxylic acids is 1. The maximum Gasteiger partial charge on any atom is 0.340 e. The Morgan fingerprint density at radius 3 is 2.83 bits per heavy atom. The highest BCUT2D eigenvalue weighted by Crippen LogP contribution is 2.21. The first-order chi connectivity index (χ1) is 11.1. The molecule has 0 atom stereocenters. The van der Waals surface area contributed by atoms with Gasteiger partial charge in [0.1, 0.15) is 0 Å². The second kappa shape index (κ2) is 6.93. The molecule has 116 valence electrons. The van der Waals surface area contributed by atoms with Gasteiger partial charge in [-0.25, -0.2) is 4.79 Å². The third kappa shape index (κ3) is 3.78. The summed E-state index contributed by atoms with van der Waals surface area (Å²) < 4.78 is 11.1. The summed E-state index contributed by atoms with van der Waals surface area (Å²) in [6, 6.07) is 14.1. The highest BCUT2D eigenvalue weighted by molar-refractivity contribution is 9.10. The zero-order chi connectivity index (χ0) is 16.2. The Morgan fingerprint density at radius 1 is 1.22 bits per heavy atom. The molecule has 0 bridgehead atoms. The SMILES string of the molecule is O=C(OCc1nc(-c2cccc(Br)c2)no1)c1ccccc1Cl. The van der Waals surface area contributed by atoms with Crippen LogP contribution in [0.2, 0.25) is 5.02 Å². The van der Waals surface area contributed by atoms with Crippen LogP contribution in [-0.4, -0.2) is 16.1 Å². The van der Waals surface area contributed by atoms with Crippen molar-refractivity contribution in [2.24, 2.45) is 0 Å². The monoisotopic (exact) mass is 392 g/mol. The number of hydrogen-bond donors (Lipinski definition) is 0. The van der Waals surface area contributed by atoms with E-state index >= 15 is 0 Å². The lowest BCUT2D eigenvalue weighted by Crippen LogP contribution is -2.06. The molecule has 5 nitrogen and oxygen atoms in total. The molecule has 0 spiro atoms. The predicted octanol–water partition coefficient (Wildman–Crippen LogP) is 4.51. The molecular weight excluding hydrogens is 384 g/mol. The van der Waals surface area contributed by atoms with Gasteiger partial charge >= 0.3 is 5.97 Å². The minimum atomic E-state index is -0.544. The summed E-state index contributed by atoms with van der Waals surface area (Å²) in [5, 5.41) is 4.20. The molecule has 0 aliphatic rings. The average Bonchev–Trinajstić information content (AvgIpc) is 3.02. The van der Waals surface area contributed by atoms with Crippen molar-refractivity contribution in [3.8, 4) is 11.4 Å². The molecule has 23 heavy (non-hydrogen) atoms. The maximum absolute atomic E-state index is 12.0. The van der Waals surface area contributed by atoms with Crippen molar-refractivity contribution >= 4 is 33.5 Å². The van der Waals surface area contributed by atoms with E-state index < -0.39 is 5.97 Å². The van der Waals surface area contributed by atoms with Crippen LogP contribution in [0.25, 0.3) is 11.4 Å². The highest BCUT2D eigenvalue weighted by atomic mass is 79.9. The number of aromatic nitrogens is 2. The van der Waals surface area contributed by atoms with Gasteiger partial charge in [-0.15, -0.1) is 0 Å². The molecule has 0 aliphatic heterocycles. The topological polar surface area (TPSA) is 65.2 Å². The molecule has 0 aliphatic carbocycles. The van der Waals surface area contributed by atoms with E-state index in [1.165, 1.54) is 0 Å². The number of ether oxygens (including phenoxy) is 1. The predicted molar refractivity (Wildman–Crippen MR) is 88.0 cm³/mol. The van der Waals surface area contributed by atoms with Crippen LogP contribution in [0.15, 0.2) is 57.5 Å². The number of carbonyl (C=O) groups is 1. The van der Waals surface area contributed by atoms with Crippen molar-refractivity contribution in [1.82, 2.24) is 10.1 Å². The minimum absolute atomic E-state index is 0.120.